The fourth-order valence-electron chi connectivity index (χ4n) is 4.58. The third-order valence-electron chi connectivity index (χ3n) is 6.50. The second kappa shape index (κ2) is 10.1. The molecule has 2 saturated heterocycles. The lowest BCUT2D eigenvalue weighted by Gasteiger charge is -2.40. The molecule has 7 heteroatoms. The molecule has 0 aliphatic carbocycles. The number of carbonyl (C=O) groups is 1. The van der Waals surface area contributed by atoms with E-state index in [4.69, 9.17) is 4.42 Å². The smallest absolute Gasteiger partial charge is 0.235 e. The highest BCUT2D eigenvalue weighted by molar-refractivity contribution is 7.84. The third kappa shape index (κ3) is 5.63. The molecule has 0 saturated carbocycles. The van der Waals surface area contributed by atoms with E-state index in [1.165, 1.54) is 37.9 Å². The molecule has 1 atom stereocenters. The first-order valence-corrected chi connectivity index (χ1v) is 12.9. The lowest BCUT2D eigenvalue weighted by atomic mass is 10.00. The number of nitrogens with zero attached hydrogens (tertiary/aromatic N) is 3. The van der Waals surface area contributed by atoms with Crippen molar-refractivity contribution in [3.8, 4) is 11.5 Å². The molecular formula is C24H33N3O3S. The molecule has 0 spiro atoms. The Hall–Kier alpha value is -1.99. The molecule has 2 aliphatic heterocycles. The summed E-state index contributed by atoms with van der Waals surface area (Å²) in [5.74, 6) is 1.50. The van der Waals surface area contributed by atoms with Crippen LogP contribution in [0.4, 0.5) is 0 Å². The van der Waals surface area contributed by atoms with Gasteiger partial charge >= 0.3 is 0 Å². The minimum Gasteiger partial charge on any atom is -0.441 e. The predicted molar refractivity (Wildman–Crippen MR) is 123 cm³/mol. The van der Waals surface area contributed by atoms with E-state index in [2.05, 4.69) is 9.88 Å². The summed E-state index contributed by atoms with van der Waals surface area (Å²) in [6.07, 6.45) is 5.99. The number of aryl methyl sites for hydroxylation is 2. The van der Waals surface area contributed by atoms with Crippen LogP contribution in [0.3, 0.4) is 0 Å². The van der Waals surface area contributed by atoms with E-state index in [1.807, 2.05) is 43.0 Å². The summed E-state index contributed by atoms with van der Waals surface area (Å²) in [5, 5.41) is 0. The SMILES string of the molecule is Cc1ccc(-c2nc(C[S@@](=O)CC(=O)N3CCC(N4CCCCC4)CC3)c(C)o2)cc1. The van der Waals surface area contributed by atoms with Crippen LogP contribution < -0.4 is 0 Å². The molecule has 2 aromatic rings. The highest BCUT2D eigenvalue weighted by Crippen LogP contribution is 2.24. The van der Waals surface area contributed by atoms with E-state index < -0.39 is 10.8 Å². The number of likely N-dealkylation sites (tertiary alicyclic amines) is 2. The van der Waals surface area contributed by atoms with Crippen molar-refractivity contribution in [1.29, 1.82) is 0 Å². The van der Waals surface area contributed by atoms with Gasteiger partial charge in [0.05, 0.1) is 11.4 Å². The van der Waals surface area contributed by atoms with Crippen LogP contribution in [0.1, 0.15) is 49.1 Å². The molecule has 6 nitrogen and oxygen atoms in total. The van der Waals surface area contributed by atoms with Crippen molar-refractivity contribution < 1.29 is 13.4 Å². The average Bonchev–Trinajstić information content (AvgIpc) is 3.15. The van der Waals surface area contributed by atoms with Crippen LogP contribution in [-0.2, 0) is 21.3 Å². The van der Waals surface area contributed by atoms with E-state index in [1.54, 1.807) is 0 Å². The zero-order valence-corrected chi connectivity index (χ0v) is 19.5. The number of hydrogen-bond acceptors (Lipinski definition) is 5. The Morgan fingerprint density at radius 2 is 1.74 bits per heavy atom. The minimum absolute atomic E-state index is 0.00432. The van der Waals surface area contributed by atoms with Gasteiger partial charge in [-0.25, -0.2) is 4.98 Å². The topological polar surface area (TPSA) is 66.7 Å². The predicted octanol–water partition coefficient (Wildman–Crippen LogP) is 3.68. The number of oxazole rings is 1. The van der Waals surface area contributed by atoms with Crippen LogP contribution in [0.15, 0.2) is 28.7 Å². The van der Waals surface area contributed by atoms with Crippen LogP contribution in [0.5, 0.6) is 0 Å². The molecule has 2 aliphatic rings. The van der Waals surface area contributed by atoms with Gasteiger partial charge in [0.2, 0.25) is 11.8 Å². The molecule has 0 N–H and O–H groups in total. The van der Waals surface area contributed by atoms with Gasteiger partial charge in [-0.1, -0.05) is 24.1 Å². The number of aromatic nitrogens is 1. The monoisotopic (exact) mass is 443 g/mol. The third-order valence-corrected chi connectivity index (χ3v) is 7.66. The molecule has 4 rings (SSSR count). The zero-order valence-electron chi connectivity index (χ0n) is 18.6. The molecule has 0 bridgehead atoms. The summed E-state index contributed by atoms with van der Waals surface area (Å²) < 4.78 is 18.5. The molecule has 1 aromatic carbocycles. The average molecular weight is 444 g/mol. The lowest BCUT2D eigenvalue weighted by Crippen LogP contribution is -2.49. The number of amides is 1. The number of carbonyl (C=O) groups excluding carboxylic acids is 1. The van der Waals surface area contributed by atoms with Gasteiger partial charge in [-0.15, -0.1) is 0 Å². The number of benzene rings is 1. The van der Waals surface area contributed by atoms with Crippen molar-refractivity contribution in [3.63, 3.8) is 0 Å². The Kier molecular flexibility index (Phi) is 7.23. The van der Waals surface area contributed by atoms with Gasteiger partial charge in [0, 0.05) is 35.5 Å². The molecule has 2 fully saturated rings. The highest BCUT2D eigenvalue weighted by atomic mass is 32.2. The van der Waals surface area contributed by atoms with Crippen molar-refractivity contribution in [1.82, 2.24) is 14.8 Å². The Morgan fingerprint density at radius 1 is 1.06 bits per heavy atom. The van der Waals surface area contributed by atoms with Gasteiger partial charge in [-0.3, -0.25) is 9.00 Å². The van der Waals surface area contributed by atoms with Gasteiger partial charge in [-0.05, 0) is 64.8 Å². The van der Waals surface area contributed by atoms with Gasteiger partial charge in [-0.2, -0.15) is 0 Å². The Labute approximate surface area is 187 Å². The number of rotatable bonds is 6. The quantitative estimate of drug-likeness (QED) is 0.681. The molecular weight excluding hydrogens is 410 g/mol. The fourth-order valence-corrected chi connectivity index (χ4v) is 5.71. The van der Waals surface area contributed by atoms with E-state index >= 15 is 0 Å². The van der Waals surface area contributed by atoms with E-state index in [-0.39, 0.29) is 17.4 Å². The van der Waals surface area contributed by atoms with Crippen molar-refractivity contribution in [2.75, 3.05) is 31.9 Å². The van der Waals surface area contributed by atoms with Gasteiger partial charge in [0.25, 0.3) is 0 Å². The second-order valence-corrected chi connectivity index (χ2v) is 10.3. The van der Waals surface area contributed by atoms with Crippen molar-refractivity contribution in [3.05, 3.63) is 41.3 Å². The molecule has 1 amide bonds. The fraction of sp³-hybridized carbons (Fsp3) is 0.583. The zero-order chi connectivity index (χ0) is 21.8. The van der Waals surface area contributed by atoms with Crippen LogP contribution in [-0.4, -0.2) is 62.9 Å². The van der Waals surface area contributed by atoms with E-state index in [0.29, 0.717) is 23.4 Å². The highest BCUT2D eigenvalue weighted by Gasteiger charge is 2.28. The van der Waals surface area contributed by atoms with Crippen molar-refractivity contribution in [2.45, 2.75) is 57.7 Å². The molecule has 1 aromatic heterocycles. The summed E-state index contributed by atoms with van der Waals surface area (Å²) in [6.45, 7) is 7.82. The van der Waals surface area contributed by atoms with Crippen molar-refractivity contribution >= 4 is 16.7 Å². The van der Waals surface area contributed by atoms with E-state index in [9.17, 15) is 9.00 Å². The molecule has 0 unspecified atom stereocenters. The second-order valence-electron chi connectivity index (χ2n) is 8.83. The number of piperidine rings is 2. The van der Waals surface area contributed by atoms with Crippen LogP contribution in [0.2, 0.25) is 0 Å². The maximum absolute atomic E-state index is 12.7. The van der Waals surface area contributed by atoms with Crippen LogP contribution in [0.25, 0.3) is 11.5 Å². The van der Waals surface area contributed by atoms with Crippen LogP contribution >= 0.6 is 0 Å². The Balaban J connectivity index is 1.28. The Bertz CT molecular complexity index is 911. The first kappa shape index (κ1) is 22.2. The summed E-state index contributed by atoms with van der Waals surface area (Å²) in [5.41, 5.74) is 2.75. The lowest BCUT2D eigenvalue weighted by molar-refractivity contribution is -0.130. The summed E-state index contributed by atoms with van der Waals surface area (Å²) >= 11 is 0. The Morgan fingerprint density at radius 3 is 2.42 bits per heavy atom. The van der Waals surface area contributed by atoms with Gasteiger partial charge < -0.3 is 14.2 Å². The summed E-state index contributed by atoms with van der Waals surface area (Å²) in [4.78, 5) is 21.7. The molecule has 3 heterocycles. The first-order valence-electron chi connectivity index (χ1n) is 11.4. The standard InChI is InChI=1S/C24H33N3O3S/c1-18-6-8-20(9-7-18)24-25-22(19(2)30-24)16-31(29)17-23(28)27-14-10-21(11-15-27)26-12-4-3-5-13-26/h6-9,21H,3-5,10-17H2,1-2H3/t31-/m1/s1. The van der Waals surface area contributed by atoms with E-state index in [0.717, 1.165) is 31.5 Å². The number of hydrogen-bond donors (Lipinski definition) is 0. The maximum Gasteiger partial charge on any atom is 0.235 e. The summed E-state index contributed by atoms with van der Waals surface area (Å²) in [7, 11) is -1.30. The molecule has 31 heavy (non-hydrogen) atoms. The maximum atomic E-state index is 12.7. The van der Waals surface area contributed by atoms with Gasteiger partial charge in [0.1, 0.15) is 11.5 Å². The summed E-state index contributed by atoms with van der Waals surface area (Å²) in [6, 6.07) is 8.57. The largest absolute Gasteiger partial charge is 0.441 e. The molecule has 0 radical (unpaired) electrons. The first-order chi connectivity index (χ1) is 15.0. The van der Waals surface area contributed by atoms with Crippen molar-refractivity contribution in [2.24, 2.45) is 0 Å². The van der Waals surface area contributed by atoms with Crippen LogP contribution in [0, 0.1) is 13.8 Å². The minimum atomic E-state index is -1.30. The van der Waals surface area contributed by atoms with Gasteiger partial charge in [0.15, 0.2) is 0 Å². The normalized spacial score (nSPS) is 19.5. The molecule has 168 valence electrons.